The van der Waals surface area contributed by atoms with Gasteiger partial charge in [0.1, 0.15) is 17.4 Å². The van der Waals surface area contributed by atoms with Crippen molar-refractivity contribution in [3.8, 4) is 6.07 Å². The Balaban J connectivity index is 2.29. The van der Waals surface area contributed by atoms with Crippen LogP contribution in [0.2, 0.25) is 0 Å². The highest BCUT2D eigenvalue weighted by Gasteiger charge is 2.32. The second kappa shape index (κ2) is 5.17. The maximum Gasteiger partial charge on any atom is 0.167 e. The Kier molecular flexibility index (Phi) is 3.47. The number of hydrogen-bond donors (Lipinski definition) is 0. The summed E-state index contributed by atoms with van der Waals surface area (Å²) < 4.78 is 7.76. The van der Waals surface area contributed by atoms with Gasteiger partial charge in [-0.15, -0.1) is 28.5 Å². The van der Waals surface area contributed by atoms with Crippen LogP contribution in [0, 0.1) is 11.3 Å². The third-order valence-electron chi connectivity index (χ3n) is 3.58. The van der Waals surface area contributed by atoms with Gasteiger partial charge < -0.3 is 4.74 Å². The van der Waals surface area contributed by atoms with Crippen LogP contribution in [0.3, 0.4) is 0 Å². The molecular formula is C15H16N4OS. The van der Waals surface area contributed by atoms with Crippen molar-refractivity contribution in [2.24, 2.45) is 0 Å². The van der Waals surface area contributed by atoms with E-state index in [2.05, 4.69) is 22.8 Å². The van der Waals surface area contributed by atoms with Gasteiger partial charge in [0.25, 0.3) is 0 Å². The number of pyridine rings is 1. The zero-order valence-electron chi connectivity index (χ0n) is 12.1. The van der Waals surface area contributed by atoms with Crippen LogP contribution in [0.5, 0.6) is 0 Å². The Morgan fingerprint density at radius 3 is 3.10 bits per heavy atom. The molecule has 0 bridgehead atoms. The Hall–Kier alpha value is -1.84. The molecule has 3 rings (SSSR count). The van der Waals surface area contributed by atoms with Crippen LogP contribution in [-0.4, -0.2) is 26.0 Å². The van der Waals surface area contributed by atoms with E-state index < -0.39 is 0 Å². The third-order valence-corrected chi connectivity index (χ3v) is 4.65. The van der Waals surface area contributed by atoms with Gasteiger partial charge in [0, 0.05) is 17.7 Å². The van der Waals surface area contributed by atoms with E-state index in [0.717, 1.165) is 27.6 Å². The van der Waals surface area contributed by atoms with Crippen molar-refractivity contribution in [1.82, 2.24) is 14.6 Å². The number of rotatable bonds is 3. The highest BCUT2D eigenvalue weighted by molar-refractivity contribution is 7.99. The van der Waals surface area contributed by atoms with Gasteiger partial charge in [-0.25, -0.2) is 0 Å². The first-order valence-corrected chi connectivity index (χ1v) is 7.71. The summed E-state index contributed by atoms with van der Waals surface area (Å²) in [4.78, 5) is 0. The van der Waals surface area contributed by atoms with Crippen LogP contribution in [0.15, 0.2) is 24.0 Å². The fraction of sp³-hybridized carbons (Fsp3) is 0.400. The molecule has 2 aromatic rings. The first kappa shape index (κ1) is 14.1. The second-order valence-corrected chi connectivity index (χ2v) is 6.61. The molecule has 108 valence electrons. The molecular weight excluding hydrogens is 284 g/mol. The summed E-state index contributed by atoms with van der Waals surface area (Å²) >= 11 is 1.58. The summed E-state index contributed by atoms with van der Waals surface area (Å²) in [6, 6.07) is 2.37. The van der Waals surface area contributed by atoms with Crippen LogP contribution in [0.4, 0.5) is 0 Å². The number of aromatic nitrogens is 3. The van der Waals surface area contributed by atoms with Crippen LogP contribution >= 0.6 is 11.8 Å². The molecule has 0 aliphatic carbocycles. The Morgan fingerprint density at radius 2 is 2.38 bits per heavy atom. The van der Waals surface area contributed by atoms with Gasteiger partial charge in [-0.3, -0.25) is 4.40 Å². The molecule has 2 aromatic heterocycles. The van der Waals surface area contributed by atoms with Crippen molar-refractivity contribution in [3.63, 3.8) is 0 Å². The van der Waals surface area contributed by atoms with Crippen molar-refractivity contribution in [3.05, 3.63) is 35.7 Å². The van der Waals surface area contributed by atoms with Crippen LogP contribution in [0.1, 0.15) is 30.5 Å². The van der Waals surface area contributed by atoms with Gasteiger partial charge in [0.05, 0.1) is 17.8 Å². The summed E-state index contributed by atoms with van der Waals surface area (Å²) in [5, 5.41) is 18.7. The average molecular weight is 300 g/mol. The number of hydrogen-bond acceptors (Lipinski definition) is 5. The van der Waals surface area contributed by atoms with Gasteiger partial charge in [-0.05, 0) is 19.4 Å². The zero-order valence-corrected chi connectivity index (χ0v) is 12.9. The van der Waals surface area contributed by atoms with Crippen molar-refractivity contribution < 1.29 is 4.74 Å². The summed E-state index contributed by atoms with van der Waals surface area (Å²) in [6.45, 7) is 8.30. The molecule has 0 unspecified atom stereocenters. The first-order valence-electron chi connectivity index (χ1n) is 6.72. The number of nitrogens with zero attached hydrogens (tertiary/aromatic N) is 4. The monoisotopic (exact) mass is 300 g/mol. The van der Waals surface area contributed by atoms with Crippen LogP contribution in [0.25, 0.3) is 5.65 Å². The van der Waals surface area contributed by atoms with E-state index in [-0.39, 0.29) is 5.60 Å². The number of nitriles is 1. The summed E-state index contributed by atoms with van der Waals surface area (Å²) in [5.74, 6) is 0.737. The minimum atomic E-state index is -0.267. The van der Waals surface area contributed by atoms with E-state index in [1.54, 1.807) is 18.1 Å². The molecule has 0 saturated carbocycles. The Morgan fingerprint density at radius 1 is 1.57 bits per heavy atom. The lowest BCUT2D eigenvalue weighted by atomic mass is 9.90. The topological polar surface area (TPSA) is 63.2 Å². The van der Waals surface area contributed by atoms with E-state index in [4.69, 9.17) is 4.74 Å². The first-order chi connectivity index (χ1) is 10.1. The van der Waals surface area contributed by atoms with Crippen LogP contribution in [-0.2, 0) is 17.8 Å². The molecule has 0 amide bonds. The van der Waals surface area contributed by atoms with Gasteiger partial charge in [-0.1, -0.05) is 6.08 Å². The smallest absolute Gasteiger partial charge is 0.167 e. The van der Waals surface area contributed by atoms with E-state index in [1.807, 2.05) is 24.3 Å². The third kappa shape index (κ3) is 2.33. The van der Waals surface area contributed by atoms with E-state index in [1.165, 1.54) is 0 Å². The quantitative estimate of drug-likeness (QED) is 0.644. The minimum Gasteiger partial charge on any atom is -0.370 e. The Labute approximate surface area is 127 Å². The van der Waals surface area contributed by atoms with Crippen molar-refractivity contribution in [2.75, 3.05) is 5.75 Å². The van der Waals surface area contributed by atoms with Gasteiger partial charge >= 0.3 is 0 Å². The largest absolute Gasteiger partial charge is 0.370 e. The fourth-order valence-electron chi connectivity index (χ4n) is 2.61. The molecule has 3 heterocycles. The summed E-state index contributed by atoms with van der Waals surface area (Å²) in [7, 11) is 0. The number of ether oxygens (including phenoxy) is 1. The number of fused-ring (bicyclic) bond motifs is 3. The van der Waals surface area contributed by atoms with Crippen molar-refractivity contribution in [2.45, 2.75) is 37.5 Å². The highest BCUT2D eigenvalue weighted by atomic mass is 32.2. The van der Waals surface area contributed by atoms with Crippen molar-refractivity contribution in [1.29, 1.82) is 5.26 Å². The SMILES string of the molecule is C=CCSc1c(C#N)c2c(c3nncn13)COC(C)(C)C2. The molecule has 0 atom stereocenters. The summed E-state index contributed by atoms with van der Waals surface area (Å²) in [5.41, 5.74) is 3.25. The zero-order chi connectivity index (χ0) is 15.0. The van der Waals surface area contributed by atoms with Crippen LogP contribution < -0.4 is 0 Å². The maximum absolute atomic E-state index is 9.66. The average Bonchev–Trinajstić information content (AvgIpc) is 2.92. The van der Waals surface area contributed by atoms with Crippen molar-refractivity contribution >= 4 is 17.4 Å². The lowest BCUT2D eigenvalue weighted by molar-refractivity contribution is -0.0398. The van der Waals surface area contributed by atoms with E-state index in [0.29, 0.717) is 18.6 Å². The lowest BCUT2D eigenvalue weighted by Gasteiger charge is -2.32. The molecule has 1 aliphatic heterocycles. The van der Waals surface area contributed by atoms with Gasteiger partial charge in [0.2, 0.25) is 0 Å². The Bertz CT molecular complexity index is 757. The molecule has 0 fully saturated rings. The second-order valence-electron chi connectivity index (χ2n) is 5.60. The fourth-order valence-corrected chi connectivity index (χ4v) is 3.47. The van der Waals surface area contributed by atoms with Gasteiger partial charge in [0.15, 0.2) is 5.65 Å². The normalized spacial score (nSPS) is 16.4. The highest BCUT2D eigenvalue weighted by Crippen LogP contribution is 2.36. The molecule has 5 nitrogen and oxygen atoms in total. The predicted molar refractivity (Wildman–Crippen MR) is 81.2 cm³/mol. The van der Waals surface area contributed by atoms with Gasteiger partial charge in [-0.2, -0.15) is 5.26 Å². The molecule has 6 heteroatoms. The summed E-state index contributed by atoms with van der Waals surface area (Å²) in [6.07, 6.45) is 4.19. The molecule has 0 aromatic carbocycles. The molecule has 0 saturated heterocycles. The molecule has 0 spiro atoms. The van der Waals surface area contributed by atoms with E-state index in [9.17, 15) is 5.26 Å². The molecule has 0 radical (unpaired) electrons. The molecule has 1 aliphatic rings. The molecule has 21 heavy (non-hydrogen) atoms. The number of thioether (sulfide) groups is 1. The van der Waals surface area contributed by atoms with E-state index >= 15 is 0 Å². The maximum atomic E-state index is 9.66. The molecule has 0 N–H and O–H groups in total. The lowest BCUT2D eigenvalue weighted by Crippen LogP contribution is -2.33. The predicted octanol–water partition coefficient (Wildman–Crippen LogP) is 2.73. The minimum absolute atomic E-state index is 0.267. The standard InChI is InChI=1S/C15H16N4OS/c1-4-5-21-14-11(7-16)10-6-15(2,3)20-8-12(10)13-18-17-9-19(13)14/h4,9H,1,5-6,8H2,2-3H3.